The third-order valence-electron chi connectivity index (χ3n) is 6.56. The number of sulfonamides is 1. The lowest BCUT2D eigenvalue weighted by Crippen LogP contribution is -2.30. The summed E-state index contributed by atoms with van der Waals surface area (Å²) in [5.74, 6) is -0.822. The maximum Gasteiger partial charge on any atom is 0.437 e. The highest BCUT2D eigenvalue weighted by Gasteiger charge is 2.36. The van der Waals surface area contributed by atoms with Crippen LogP contribution >= 0.6 is 0 Å². The van der Waals surface area contributed by atoms with Gasteiger partial charge < -0.3 is 9.73 Å². The summed E-state index contributed by atoms with van der Waals surface area (Å²) >= 11 is 0. The number of halogens is 3. The Morgan fingerprint density at radius 3 is 2.33 bits per heavy atom. The molecule has 3 heterocycles. The van der Waals surface area contributed by atoms with Gasteiger partial charge in [0.1, 0.15) is 11.5 Å². The van der Waals surface area contributed by atoms with Crippen molar-refractivity contribution in [2.75, 3.05) is 9.62 Å². The maximum absolute atomic E-state index is 14.1. The molecule has 13 heteroatoms. The van der Waals surface area contributed by atoms with Crippen LogP contribution in [-0.2, 0) is 34.7 Å². The maximum atomic E-state index is 14.1. The van der Waals surface area contributed by atoms with Gasteiger partial charge in [0.2, 0.25) is 5.89 Å². The molecule has 1 N–H and O–H groups in total. The zero-order valence-electron chi connectivity index (χ0n) is 22.1. The molecule has 0 amide bonds. The van der Waals surface area contributed by atoms with E-state index in [2.05, 4.69) is 15.4 Å². The summed E-state index contributed by atoms with van der Waals surface area (Å²) in [4.78, 5) is 15.8. The highest BCUT2D eigenvalue weighted by Crippen LogP contribution is 2.41. The first-order valence-corrected chi connectivity index (χ1v) is 13.8. The van der Waals surface area contributed by atoms with E-state index in [1.165, 1.54) is 36.4 Å². The molecule has 9 nitrogen and oxygen atoms in total. The summed E-state index contributed by atoms with van der Waals surface area (Å²) in [6.45, 7) is 7.70. The molecule has 4 aromatic rings. The van der Waals surface area contributed by atoms with Gasteiger partial charge in [0, 0.05) is 17.7 Å². The number of fused-ring (bicyclic) bond motifs is 2. The van der Waals surface area contributed by atoms with Crippen molar-refractivity contribution in [1.82, 2.24) is 14.8 Å². The molecule has 210 valence electrons. The number of pyridine rings is 1. The molecule has 0 fully saturated rings. The van der Waals surface area contributed by atoms with Crippen molar-refractivity contribution >= 4 is 27.2 Å². The van der Waals surface area contributed by atoms with Crippen molar-refractivity contribution in [3.8, 4) is 11.5 Å². The van der Waals surface area contributed by atoms with Gasteiger partial charge in [-0.05, 0) is 54.3 Å². The fourth-order valence-corrected chi connectivity index (χ4v) is 5.77. The van der Waals surface area contributed by atoms with E-state index in [0.717, 1.165) is 20.6 Å². The van der Waals surface area contributed by atoms with Crippen LogP contribution in [0.25, 0.3) is 11.5 Å². The SMILES string of the molecule is CCn1nc(-c2ccc3c(c2)N(S(=O)(=O)c2ccc(C(C)(C)C)cc2)Cc2ccc(C(F)(F)F)nc2N3)oc1=O. The van der Waals surface area contributed by atoms with Gasteiger partial charge in [-0.1, -0.05) is 39.0 Å². The van der Waals surface area contributed by atoms with E-state index in [0.29, 0.717) is 5.56 Å². The van der Waals surface area contributed by atoms with E-state index < -0.39 is 27.6 Å². The smallest absolute Gasteiger partial charge is 0.388 e. The Balaban J connectivity index is 1.68. The first-order chi connectivity index (χ1) is 18.7. The number of rotatable bonds is 4. The van der Waals surface area contributed by atoms with E-state index in [1.807, 2.05) is 20.8 Å². The molecule has 0 unspecified atom stereocenters. The molecule has 40 heavy (non-hydrogen) atoms. The van der Waals surface area contributed by atoms with Crippen LogP contribution in [-0.4, -0.2) is 23.2 Å². The minimum Gasteiger partial charge on any atom is -0.388 e. The molecular formula is C27H26F3N5O4S. The topological polar surface area (TPSA) is 110 Å². The summed E-state index contributed by atoms with van der Waals surface area (Å²) < 4.78 is 75.8. The van der Waals surface area contributed by atoms with Crippen LogP contribution in [0.3, 0.4) is 0 Å². The van der Waals surface area contributed by atoms with Gasteiger partial charge in [-0.3, -0.25) is 4.31 Å². The Morgan fingerprint density at radius 2 is 1.73 bits per heavy atom. The standard InChI is InChI=1S/C27H26F3N5O4S/c1-5-34-25(36)39-24(33-34)16-6-12-20-21(14-16)35(15-17-7-13-22(27(28,29)30)32-23(17)31-20)40(37,38)19-10-8-18(9-11-19)26(2,3)4/h6-14H,5,15H2,1-4H3,(H,31,32). The quantitative estimate of drug-likeness (QED) is 0.334. The summed E-state index contributed by atoms with van der Waals surface area (Å²) in [5.41, 5.74) is 0.480. The van der Waals surface area contributed by atoms with Crippen molar-refractivity contribution in [2.24, 2.45) is 0 Å². The van der Waals surface area contributed by atoms with Crippen LogP contribution in [0.15, 0.2) is 68.7 Å². The first kappa shape index (κ1) is 27.4. The number of nitrogens with one attached hydrogen (secondary N) is 1. The van der Waals surface area contributed by atoms with Crippen LogP contribution in [0.1, 0.15) is 44.5 Å². The van der Waals surface area contributed by atoms with Gasteiger partial charge >= 0.3 is 11.9 Å². The van der Waals surface area contributed by atoms with Gasteiger partial charge in [0.25, 0.3) is 10.0 Å². The van der Waals surface area contributed by atoms with Crippen molar-refractivity contribution in [2.45, 2.75) is 57.3 Å². The Morgan fingerprint density at radius 1 is 1.02 bits per heavy atom. The second-order valence-corrected chi connectivity index (χ2v) is 12.2. The molecule has 2 aromatic carbocycles. The van der Waals surface area contributed by atoms with Crippen LogP contribution < -0.4 is 15.4 Å². The van der Waals surface area contributed by atoms with Gasteiger partial charge in [-0.15, -0.1) is 5.10 Å². The second kappa shape index (κ2) is 9.51. The molecule has 0 spiro atoms. The minimum atomic E-state index is -4.69. The monoisotopic (exact) mass is 573 g/mol. The largest absolute Gasteiger partial charge is 0.437 e. The lowest BCUT2D eigenvalue weighted by molar-refractivity contribution is -0.141. The van der Waals surface area contributed by atoms with Gasteiger partial charge in [-0.2, -0.15) is 17.9 Å². The molecule has 0 radical (unpaired) electrons. The van der Waals surface area contributed by atoms with E-state index in [1.54, 1.807) is 19.1 Å². The van der Waals surface area contributed by atoms with E-state index in [9.17, 15) is 26.4 Å². The van der Waals surface area contributed by atoms with Gasteiger partial charge in [-0.25, -0.2) is 18.2 Å². The number of anilines is 3. The van der Waals surface area contributed by atoms with Crippen molar-refractivity contribution in [1.29, 1.82) is 0 Å². The highest BCUT2D eigenvalue weighted by molar-refractivity contribution is 7.92. The molecule has 0 atom stereocenters. The molecule has 1 aliphatic heterocycles. The molecule has 2 aromatic heterocycles. The fourth-order valence-electron chi connectivity index (χ4n) is 4.32. The number of nitrogens with zero attached hydrogens (tertiary/aromatic N) is 4. The predicted molar refractivity (Wildman–Crippen MR) is 143 cm³/mol. The number of aromatic nitrogens is 3. The number of benzene rings is 2. The van der Waals surface area contributed by atoms with E-state index in [-0.39, 0.29) is 52.0 Å². The molecule has 0 bridgehead atoms. The predicted octanol–water partition coefficient (Wildman–Crippen LogP) is 5.69. The van der Waals surface area contributed by atoms with Crippen LogP contribution in [0.4, 0.5) is 30.4 Å². The molecule has 0 aliphatic carbocycles. The summed E-state index contributed by atoms with van der Waals surface area (Å²) in [7, 11) is -4.22. The van der Waals surface area contributed by atoms with Crippen molar-refractivity contribution in [3.05, 3.63) is 82.0 Å². The summed E-state index contributed by atoms with van der Waals surface area (Å²) in [6, 6.07) is 13.0. The summed E-state index contributed by atoms with van der Waals surface area (Å²) in [5, 5.41) is 7.01. The van der Waals surface area contributed by atoms with Crippen LogP contribution in [0.2, 0.25) is 0 Å². The van der Waals surface area contributed by atoms with Crippen molar-refractivity contribution in [3.63, 3.8) is 0 Å². The number of aryl methyl sites for hydroxylation is 1. The Kier molecular flexibility index (Phi) is 6.52. The Labute approximate surface area is 228 Å². The lowest BCUT2D eigenvalue weighted by Gasteiger charge is -2.25. The molecule has 0 saturated carbocycles. The molecule has 0 saturated heterocycles. The zero-order chi connectivity index (χ0) is 29.0. The normalized spacial score (nSPS) is 13.8. The first-order valence-electron chi connectivity index (χ1n) is 12.4. The Bertz CT molecular complexity index is 1750. The van der Waals surface area contributed by atoms with Crippen LogP contribution in [0.5, 0.6) is 0 Å². The number of hydrogen-bond donors (Lipinski definition) is 1. The lowest BCUT2D eigenvalue weighted by atomic mass is 9.87. The molecule has 5 rings (SSSR count). The third kappa shape index (κ3) is 4.96. The van der Waals surface area contributed by atoms with Gasteiger partial charge in [0.15, 0.2) is 0 Å². The number of hydrogen-bond acceptors (Lipinski definition) is 7. The fraction of sp³-hybridized carbons (Fsp3) is 0.296. The van der Waals surface area contributed by atoms with Gasteiger partial charge in [0.05, 0.1) is 22.8 Å². The number of alkyl halides is 3. The Hall–Kier alpha value is -4.13. The third-order valence-corrected chi connectivity index (χ3v) is 8.34. The average molecular weight is 574 g/mol. The van der Waals surface area contributed by atoms with Crippen molar-refractivity contribution < 1.29 is 26.0 Å². The minimum absolute atomic E-state index is 0.00182. The summed E-state index contributed by atoms with van der Waals surface area (Å²) in [6.07, 6.45) is -4.69. The molecule has 1 aliphatic rings. The second-order valence-electron chi connectivity index (χ2n) is 10.3. The van der Waals surface area contributed by atoms with E-state index >= 15 is 0 Å². The zero-order valence-corrected chi connectivity index (χ0v) is 22.9. The van der Waals surface area contributed by atoms with Crippen LogP contribution in [0, 0.1) is 0 Å². The average Bonchev–Trinajstić information content (AvgIpc) is 3.18. The highest BCUT2D eigenvalue weighted by atomic mass is 32.2. The molecular weight excluding hydrogens is 547 g/mol. The van der Waals surface area contributed by atoms with E-state index in [4.69, 9.17) is 4.42 Å².